The van der Waals surface area contributed by atoms with Gasteiger partial charge >= 0.3 is 0 Å². The van der Waals surface area contributed by atoms with Gasteiger partial charge in [0.15, 0.2) is 0 Å². The quantitative estimate of drug-likeness (QED) is 0.349. The van der Waals surface area contributed by atoms with Gasteiger partial charge in [0.25, 0.3) is 6.43 Å². The van der Waals surface area contributed by atoms with Gasteiger partial charge in [0.05, 0.1) is 17.9 Å². The molecule has 1 saturated carbocycles. The Kier molecular flexibility index (Phi) is 6.84. The van der Waals surface area contributed by atoms with E-state index in [9.17, 15) is 8.78 Å². The SMILES string of the molecule is CN(C)Cc1cc(OC2CCN(C3CC(n4cc(-c5ncnc6[nH]ccc56)cn4)C3)CC2)cc(C(F)F)c1. The fourth-order valence-corrected chi connectivity index (χ4v) is 5.72. The molecule has 1 N–H and O–H groups in total. The molecular formula is C28H33F2N7O. The standard InChI is InChI=1S/C28H33F2N7O/c1-35(2)15-18-9-19(27(29)30)11-24(10-18)38-23-4-7-36(8-5-23)21-12-22(13-21)37-16-20(14-34-37)26-25-3-6-31-28(25)33-17-32-26/h3,6,9-11,14,16-17,21-23,27H,4-5,7-8,12-13,15H2,1-2H3,(H,31,32,33). The van der Waals surface area contributed by atoms with E-state index < -0.39 is 6.43 Å². The number of benzene rings is 1. The highest BCUT2D eigenvalue weighted by atomic mass is 19.3. The van der Waals surface area contributed by atoms with Gasteiger partial charge in [0, 0.05) is 54.6 Å². The minimum atomic E-state index is -2.51. The van der Waals surface area contributed by atoms with Crippen LogP contribution < -0.4 is 4.74 Å². The lowest BCUT2D eigenvalue weighted by Crippen LogP contribution is -2.50. The number of hydrogen-bond donors (Lipinski definition) is 1. The number of nitrogens with zero attached hydrogens (tertiary/aromatic N) is 6. The first-order chi connectivity index (χ1) is 18.4. The third-order valence-corrected chi connectivity index (χ3v) is 7.73. The van der Waals surface area contributed by atoms with Crippen molar-refractivity contribution in [2.24, 2.45) is 0 Å². The molecule has 1 aliphatic carbocycles. The fraction of sp³-hybridized carbons (Fsp3) is 0.464. The first-order valence-electron chi connectivity index (χ1n) is 13.2. The van der Waals surface area contributed by atoms with Crippen molar-refractivity contribution in [1.82, 2.24) is 34.5 Å². The summed E-state index contributed by atoms with van der Waals surface area (Å²) in [6, 6.07) is 7.89. The van der Waals surface area contributed by atoms with Crippen molar-refractivity contribution in [2.75, 3.05) is 27.2 Å². The van der Waals surface area contributed by atoms with Crippen LogP contribution >= 0.6 is 0 Å². The van der Waals surface area contributed by atoms with Crippen LogP contribution in [0.2, 0.25) is 0 Å². The lowest BCUT2D eigenvalue weighted by atomic mass is 9.84. The molecule has 0 atom stereocenters. The molecule has 0 unspecified atom stereocenters. The zero-order valence-corrected chi connectivity index (χ0v) is 21.7. The molecule has 8 nitrogen and oxygen atoms in total. The van der Waals surface area contributed by atoms with Crippen LogP contribution in [0.3, 0.4) is 0 Å². The number of hydrogen-bond acceptors (Lipinski definition) is 6. The third-order valence-electron chi connectivity index (χ3n) is 7.73. The molecule has 0 spiro atoms. The number of ether oxygens (including phenoxy) is 1. The van der Waals surface area contributed by atoms with Crippen molar-refractivity contribution in [2.45, 2.75) is 56.8 Å². The van der Waals surface area contributed by atoms with Crippen LogP contribution in [0.5, 0.6) is 5.75 Å². The smallest absolute Gasteiger partial charge is 0.263 e. The molecule has 38 heavy (non-hydrogen) atoms. The number of aromatic nitrogens is 5. The number of rotatable bonds is 8. The summed E-state index contributed by atoms with van der Waals surface area (Å²) in [7, 11) is 3.86. The first-order valence-corrected chi connectivity index (χ1v) is 13.2. The minimum Gasteiger partial charge on any atom is -0.490 e. The number of likely N-dealkylation sites (tertiary alicyclic amines) is 1. The lowest BCUT2D eigenvalue weighted by Gasteiger charge is -2.45. The molecule has 2 aliphatic rings. The summed E-state index contributed by atoms with van der Waals surface area (Å²) in [6.07, 6.45) is 8.91. The van der Waals surface area contributed by atoms with Crippen molar-refractivity contribution < 1.29 is 13.5 Å². The van der Waals surface area contributed by atoms with Crippen LogP contribution in [0.4, 0.5) is 8.78 Å². The highest BCUT2D eigenvalue weighted by Gasteiger charge is 2.37. The largest absolute Gasteiger partial charge is 0.490 e. The predicted molar refractivity (Wildman–Crippen MR) is 141 cm³/mol. The van der Waals surface area contributed by atoms with Crippen molar-refractivity contribution in [3.05, 3.63) is 60.3 Å². The Labute approximate surface area is 220 Å². The Morgan fingerprint density at radius 2 is 1.92 bits per heavy atom. The van der Waals surface area contributed by atoms with Crippen molar-refractivity contribution >= 4 is 11.0 Å². The second-order valence-electron chi connectivity index (χ2n) is 10.8. The summed E-state index contributed by atoms with van der Waals surface area (Å²) in [6.45, 7) is 2.52. The number of nitrogens with one attached hydrogen (secondary N) is 1. The number of aromatic amines is 1. The average Bonchev–Trinajstić information content (AvgIpc) is 3.53. The normalized spacial score (nSPS) is 20.9. The Balaban J connectivity index is 1.02. The van der Waals surface area contributed by atoms with E-state index in [1.165, 1.54) is 6.07 Å². The molecule has 10 heteroatoms. The molecule has 2 fully saturated rings. The molecule has 6 rings (SSSR count). The molecule has 0 amide bonds. The molecular weight excluding hydrogens is 488 g/mol. The van der Waals surface area contributed by atoms with Crippen LogP contribution in [0, 0.1) is 0 Å². The molecule has 4 heterocycles. The summed E-state index contributed by atoms with van der Waals surface area (Å²) in [5.41, 5.74) is 3.60. The molecule has 1 aliphatic heterocycles. The Hall–Kier alpha value is -3.37. The van der Waals surface area contributed by atoms with E-state index in [4.69, 9.17) is 4.74 Å². The topological polar surface area (TPSA) is 75.1 Å². The maximum absolute atomic E-state index is 13.4. The lowest BCUT2D eigenvalue weighted by molar-refractivity contribution is 0.0259. The summed E-state index contributed by atoms with van der Waals surface area (Å²) in [4.78, 5) is 16.4. The second-order valence-corrected chi connectivity index (χ2v) is 10.8. The zero-order chi connectivity index (χ0) is 26.2. The van der Waals surface area contributed by atoms with Crippen LogP contribution in [0.15, 0.2) is 49.2 Å². The van der Waals surface area contributed by atoms with E-state index >= 15 is 0 Å². The second kappa shape index (κ2) is 10.4. The molecule has 1 saturated heterocycles. The number of fused-ring (bicyclic) bond motifs is 1. The van der Waals surface area contributed by atoms with Crippen molar-refractivity contribution in [3.8, 4) is 17.0 Å². The summed E-state index contributed by atoms with van der Waals surface area (Å²) >= 11 is 0. The first kappa shape index (κ1) is 24.9. The maximum Gasteiger partial charge on any atom is 0.263 e. The molecule has 1 aromatic carbocycles. The third kappa shape index (κ3) is 5.15. The van der Waals surface area contributed by atoms with Gasteiger partial charge in [-0.1, -0.05) is 0 Å². The molecule has 3 aromatic heterocycles. The Bertz CT molecular complexity index is 1390. The van der Waals surface area contributed by atoms with Crippen LogP contribution in [-0.4, -0.2) is 73.9 Å². The molecule has 0 bridgehead atoms. The highest BCUT2D eigenvalue weighted by Crippen LogP contribution is 2.38. The van der Waals surface area contributed by atoms with Gasteiger partial charge < -0.3 is 14.6 Å². The van der Waals surface area contributed by atoms with Crippen LogP contribution in [-0.2, 0) is 6.54 Å². The zero-order valence-electron chi connectivity index (χ0n) is 21.7. The summed E-state index contributed by atoms with van der Waals surface area (Å²) in [5, 5.41) is 5.64. The minimum absolute atomic E-state index is 0.0244. The van der Waals surface area contributed by atoms with Gasteiger partial charge in [-0.05, 0) is 69.6 Å². The summed E-state index contributed by atoms with van der Waals surface area (Å²) < 4.78 is 35.1. The van der Waals surface area contributed by atoms with Gasteiger partial charge in [-0.15, -0.1) is 0 Å². The fourth-order valence-electron chi connectivity index (χ4n) is 5.72. The summed E-state index contributed by atoms with van der Waals surface area (Å²) in [5.74, 6) is 0.553. The van der Waals surface area contributed by atoms with Gasteiger partial charge in [-0.2, -0.15) is 5.10 Å². The Morgan fingerprint density at radius 1 is 1.11 bits per heavy atom. The Morgan fingerprint density at radius 3 is 2.68 bits per heavy atom. The average molecular weight is 522 g/mol. The number of H-pyrrole nitrogens is 1. The van der Waals surface area contributed by atoms with E-state index in [0.29, 0.717) is 24.4 Å². The van der Waals surface area contributed by atoms with E-state index in [-0.39, 0.29) is 11.7 Å². The maximum atomic E-state index is 13.4. The van der Waals surface area contributed by atoms with Gasteiger partial charge in [0.1, 0.15) is 23.8 Å². The van der Waals surface area contributed by atoms with Crippen molar-refractivity contribution in [1.29, 1.82) is 0 Å². The highest BCUT2D eigenvalue weighted by molar-refractivity contribution is 5.89. The van der Waals surface area contributed by atoms with Gasteiger partial charge in [0.2, 0.25) is 0 Å². The van der Waals surface area contributed by atoms with Crippen LogP contribution in [0.25, 0.3) is 22.3 Å². The molecule has 4 aromatic rings. The number of halogens is 2. The van der Waals surface area contributed by atoms with E-state index in [0.717, 1.165) is 66.6 Å². The van der Waals surface area contributed by atoms with E-state index in [2.05, 4.69) is 35.8 Å². The van der Waals surface area contributed by atoms with Gasteiger partial charge in [-0.25, -0.2) is 18.7 Å². The predicted octanol–water partition coefficient (Wildman–Crippen LogP) is 5.07. The van der Waals surface area contributed by atoms with E-state index in [1.807, 2.05) is 43.5 Å². The van der Waals surface area contributed by atoms with Crippen molar-refractivity contribution in [3.63, 3.8) is 0 Å². The number of piperidine rings is 1. The number of alkyl halides is 2. The van der Waals surface area contributed by atoms with E-state index in [1.54, 1.807) is 12.4 Å². The van der Waals surface area contributed by atoms with Gasteiger partial charge in [-0.3, -0.25) is 9.58 Å². The monoisotopic (exact) mass is 521 g/mol. The van der Waals surface area contributed by atoms with Crippen LogP contribution in [0.1, 0.15) is 49.3 Å². The molecule has 200 valence electrons. The molecule has 0 radical (unpaired) electrons.